The predicted octanol–water partition coefficient (Wildman–Crippen LogP) is 3.71. The molecular formula is C20H22N2O4S. The van der Waals surface area contributed by atoms with E-state index < -0.39 is 0 Å². The van der Waals surface area contributed by atoms with Crippen molar-refractivity contribution < 1.29 is 19.0 Å². The van der Waals surface area contributed by atoms with Gasteiger partial charge in [-0.25, -0.2) is 4.98 Å². The summed E-state index contributed by atoms with van der Waals surface area (Å²) >= 11 is 1.57. The molecule has 1 N–H and O–H groups in total. The first-order chi connectivity index (χ1) is 13.1. The minimum atomic E-state index is -0.242. The molecule has 1 atom stereocenters. The lowest BCUT2D eigenvalue weighted by atomic mass is 10.1. The van der Waals surface area contributed by atoms with Gasteiger partial charge in [-0.1, -0.05) is 12.1 Å². The van der Waals surface area contributed by atoms with Crippen LogP contribution in [0, 0.1) is 0 Å². The number of hydrogen-bond acceptors (Lipinski definition) is 6. The normalized spacial score (nSPS) is 12.0. The molecule has 0 spiro atoms. The second kappa shape index (κ2) is 8.83. The van der Waals surface area contributed by atoms with Crippen molar-refractivity contribution in [1.29, 1.82) is 0 Å². The molecule has 0 saturated carbocycles. The largest absolute Gasteiger partial charge is 0.497 e. The van der Waals surface area contributed by atoms with Crippen molar-refractivity contribution in [2.24, 2.45) is 0 Å². The standard InChI is InChI=1S/C20H22N2O4S/c1-13(15-10-14(24-2)8-9-17(15)25-3)21-19(23)11-26-12-20-22-16-6-4-5-7-18(16)27-20/h4-10,13H,11-12H2,1-3H3,(H,21,23)/t13-/m1/s1. The Balaban J connectivity index is 1.54. The smallest absolute Gasteiger partial charge is 0.246 e. The number of ether oxygens (including phenoxy) is 3. The summed E-state index contributed by atoms with van der Waals surface area (Å²) in [7, 11) is 3.20. The third-order valence-electron chi connectivity index (χ3n) is 4.08. The zero-order valence-electron chi connectivity index (χ0n) is 15.5. The highest BCUT2D eigenvalue weighted by molar-refractivity contribution is 7.18. The van der Waals surface area contributed by atoms with Crippen LogP contribution in [0.2, 0.25) is 0 Å². The fraction of sp³-hybridized carbons (Fsp3) is 0.300. The van der Waals surface area contributed by atoms with Gasteiger partial charge in [-0.05, 0) is 37.3 Å². The number of para-hydroxylation sites is 1. The number of fused-ring (bicyclic) bond motifs is 1. The summed E-state index contributed by atoms with van der Waals surface area (Å²) in [6.45, 7) is 2.17. The molecule has 0 unspecified atom stereocenters. The minimum Gasteiger partial charge on any atom is -0.497 e. The van der Waals surface area contributed by atoms with Crippen molar-refractivity contribution in [2.75, 3.05) is 20.8 Å². The Kier molecular flexibility index (Phi) is 6.26. The highest BCUT2D eigenvalue weighted by Crippen LogP contribution is 2.29. The van der Waals surface area contributed by atoms with Gasteiger partial charge >= 0.3 is 0 Å². The number of aromatic nitrogens is 1. The van der Waals surface area contributed by atoms with Crippen molar-refractivity contribution in [3.63, 3.8) is 0 Å². The number of thiazole rings is 1. The molecule has 0 aliphatic rings. The van der Waals surface area contributed by atoms with E-state index in [0.29, 0.717) is 18.1 Å². The van der Waals surface area contributed by atoms with Gasteiger partial charge in [0.15, 0.2) is 0 Å². The molecule has 1 aromatic heterocycles. The van der Waals surface area contributed by atoms with E-state index in [1.807, 2.05) is 49.4 Å². The van der Waals surface area contributed by atoms with Gasteiger partial charge in [-0.15, -0.1) is 11.3 Å². The number of benzene rings is 2. The Morgan fingerprint density at radius 1 is 1.19 bits per heavy atom. The van der Waals surface area contributed by atoms with Gasteiger partial charge in [-0.3, -0.25) is 4.79 Å². The van der Waals surface area contributed by atoms with Gasteiger partial charge in [0.05, 0.1) is 37.1 Å². The summed E-state index contributed by atoms with van der Waals surface area (Å²) in [6.07, 6.45) is 0. The lowest BCUT2D eigenvalue weighted by Crippen LogP contribution is -2.30. The third kappa shape index (κ3) is 4.75. The molecule has 1 heterocycles. The summed E-state index contributed by atoms with van der Waals surface area (Å²) in [6, 6.07) is 13.2. The zero-order chi connectivity index (χ0) is 19.2. The molecule has 3 aromatic rings. The molecule has 6 nitrogen and oxygen atoms in total. The molecule has 1 amide bonds. The number of methoxy groups -OCH3 is 2. The van der Waals surface area contributed by atoms with Crippen LogP contribution in [0.3, 0.4) is 0 Å². The molecule has 2 aromatic carbocycles. The van der Waals surface area contributed by atoms with E-state index >= 15 is 0 Å². The molecular weight excluding hydrogens is 364 g/mol. The van der Waals surface area contributed by atoms with Gasteiger partial charge in [0.25, 0.3) is 0 Å². The summed E-state index contributed by atoms with van der Waals surface area (Å²) in [5, 5.41) is 3.77. The maximum atomic E-state index is 12.2. The van der Waals surface area contributed by atoms with Gasteiger partial charge in [0.2, 0.25) is 5.91 Å². The van der Waals surface area contributed by atoms with Crippen LogP contribution < -0.4 is 14.8 Å². The van der Waals surface area contributed by atoms with Crippen LogP contribution in [0.4, 0.5) is 0 Å². The van der Waals surface area contributed by atoms with Crippen molar-refractivity contribution in [3.8, 4) is 11.5 Å². The van der Waals surface area contributed by atoms with E-state index in [2.05, 4.69) is 10.3 Å². The molecule has 0 fully saturated rings. The first kappa shape index (κ1) is 19.1. The van der Waals surface area contributed by atoms with Crippen molar-refractivity contribution in [3.05, 3.63) is 53.0 Å². The summed E-state index contributed by atoms with van der Waals surface area (Å²) in [4.78, 5) is 16.7. The Bertz CT molecular complexity index is 892. The number of carbonyl (C=O) groups is 1. The second-order valence-corrected chi connectivity index (χ2v) is 7.08. The van der Waals surface area contributed by atoms with E-state index in [1.54, 1.807) is 25.6 Å². The van der Waals surface area contributed by atoms with Gasteiger partial charge in [0.1, 0.15) is 23.1 Å². The van der Waals surface area contributed by atoms with Gasteiger partial charge in [-0.2, -0.15) is 0 Å². The molecule has 0 radical (unpaired) electrons. The average molecular weight is 386 g/mol. The molecule has 142 valence electrons. The van der Waals surface area contributed by atoms with Crippen LogP contribution in [-0.2, 0) is 16.1 Å². The van der Waals surface area contributed by atoms with E-state index in [4.69, 9.17) is 14.2 Å². The average Bonchev–Trinajstić information content (AvgIpc) is 3.10. The van der Waals surface area contributed by atoms with Crippen molar-refractivity contribution in [1.82, 2.24) is 10.3 Å². The highest BCUT2D eigenvalue weighted by atomic mass is 32.1. The van der Waals surface area contributed by atoms with E-state index in [0.717, 1.165) is 20.8 Å². The Morgan fingerprint density at radius 2 is 2.00 bits per heavy atom. The zero-order valence-corrected chi connectivity index (χ0v) is 16.3. The molecule has 0 aliphatic heterocycles. The van der Waals surface area contributed by atoms with Gasteiger partial charge < -0.3 is 19.5 Å². The lowest BCUT2D eigenvalue weighted by molar-refractivity contribution is -0.126. The lowest BCUT2D eigenvalue weighted by Gasteiger charge is -2.18. The van der Waals surface area contributed by atoms with Gasteiger partial charge in [0, 0.05) is 5.56 Å². The monoisotopic (exact) mass is 386 g/mol. The number of carbonyl (C=O) groups excluding carboxylic acids is 1. The number of rotatable bonds is 8. The fourth-order valence-electron chi connectivity index (χ4n) is 2.75. The second-order valence-electron chi connectivity index (χ2n) is 5.97. The first-order valence-corrected chi connectivity index (χ1v) is 9.36. The third-order valence-corrected chi connectivity index (χ3v) is 5.09. The predicted molar refractivity (Wildman–Crippen MR) is 105 cm³/mol. The quantitative estimate of drug-likeness (QED) is 0.639. The molecule has 7 heteroatoms. The van der Waals surface area contributed by atoms with E-state index in [-0.39, 0.29) is 18.6 Å². The van der Waals surface area contributed by atoms with Crippen LogP contribution in [0.15, 0.2) is 42.5 Å². The van der Waals surface area contributed by atoms with E-state index in [9.17, 15) is 4.79 Å². The van der Waals surface area contributed by atoms with Crippen LogP contribution in [0.25, 0.3) is 10.2 Å². The first-order valence-electron chi connectivity index (χ1n) is 8.54. The topological polar surface area (TPSA) is 69.7 Å². The Labute approximate surface area is 162 Å². The van der Waals surface area contributed by atoms with Crippen LogP contribution >= 0.6 is 11.3 Å². The minimum absolute atomic E-state index is 0.0352. The van der Waals surface area contributed by atoms with Crippen molar-refractivity contribution >= 4 is 27.5 Å². The Hall–Kier alpha value is -2.64. The molecule has 0 aliphatic carbocycles. The number of hydrogen-bond donors (Lipinski definition) is 1. The highest BCUT2D eigenvalue weighted by Gasteiger charge is 2.15. The summed E-state index contributed by atoms with van der Waals surface area (Å²) in [5.41, 5.74) is 1.79. The molecule has 27 heavy (non-hydrogen) atoms. The number of nitrogens with zero attached hydrogens (tertiary/aromatic N) is 1. The fourth-order valence-corrected chi connectivity index (χ4v) is 3.66. The van der Waals surface area contributed by atoms with Crippen molar-refractivity contribution in [2.45, 2.75) is 19.6 Å². The SMILES string of the molecule is COc1ccc(OC)c([C@@H](C)NC(=O)COCc2nc3ccccc3s2)c1. The molecule has 0 saturated heterocycles. The maximum Gasteiger partial charge on any atom is 0.246 e. The number of amides is 1. The number of nitrogens with one attached hydrogen (secondary N) is 1. The summed E-state index contributed by atoms with van der Waals surface area (Å²) in [5.74, 6) is 1.20. The van der Waals surface area contributed by atoms with Crippen LogP contribution in [0.1, 0.15) is 23.5 Å². The van der Waals surface area contributed by atoms with Crippen LogP contribution in [0.5, 0.6) is 11.5 Å². The van der Waals surface area contributed by atoms with Crippen LogP contribution in [-0.4, -0.2) is 31.7 Å². The molecule has 3 rings (SSSR count). The maximum absolute atomic E-state index is 12.2. The van der Waals surface area contributed by atoms with E-state index in [1.165, 1.54) is 0 Å². The molecule has 0 bridgehead atoms. The Morgan fingerprint density at radius 3 is 2.74 bits per heavy atom. The summed E-state index contributed by atoms with van der Waals surface area (Å²) < 4.78 is 17.3.